The molecule has 0 saturated carbocycles. The number of alkyl halides is 1. The zero-order chi connectivity index (χ0) is 10.4. The van der Waals surface area contributed by atoms with Gasteiger partial charge in [0.25, 0.3) is 0 Å². The molecular weight excluding hydrogens is 196 g/mol. The number of benzene rings is 1. The fourth-order valence-electron chi connectivity index (χ4n) is 1.40. The standard InChI is InChI=1S/C12H15ClO/c1-10-6-2-3-7-11(10)12(14)8-4-5-9-13/h2-3,6-7H,4-5,8-9H2,1H3. The molecule has 1 aromatic carbocycles. The quantitative estimate of drug-likeness (QED) is 0.413. The summed E-state index contributed by atoms with van der Waals surface area (Å²) in [6.45, 7) is 1.97. The van der Waals surface area contributed by atoms with Crippen molar-refractivity contribution in [3.8, 4) is 0 Å². The average molecular weight is 211 g/mol. The maximum atomic E-state index is 11.7. The van der Waals surface area contributed by atoms with Crippen molar-refractivity contribution in [1.82, 2.24) is 0 Å². The number of ketones is 1. The Bertz CT molecular complexity index is 307. The Kier molecular flexibility index (Phi) is 4.68. The van der Waals surface area contributed by atoms with Crippen LogP contribution < -0.4 is 0 Å². The van der Waals surface area contributed by atoms with E-state index in [1.165, 1.54) is 0 Å². The zero-order valence-electron chi connectivity index (χ0n) is 8.42. The molecule has 76 valence electrons. The Morgan fingerprint density at radius 2 is 2.00 bits per heavy atom. The molecule has 1 rings (SSSR count). The first-order valence-corrected chi connectivity index (χ1v) is 5.44. The van der Waals surface area contributed by atoms with Crippen LogP contribution in [0, 0.1) is 6.92 Å². The maximum absolute atomic E-state index is 11.7. The molecule has 0 spiro atoms. The summed E-state index contributed by atoms with van der Waals surface area (Å²) < 4.78 is 0. The van der Waals surface area contributed by atoms with Gasteiger partial charge in [-0.15, -0.1) is 11.6 Å². The Balaban J connectivity index is 2.56. The third-order valence-electron chi connectivity index (χ3n) is 2.23. The molecule has 1 aromatic rings. The summed E-state index contributed by atoms with van der Waals surface area (Å²) in [5.74, 6) is 0.870. The van der Waals surface area contributed by atoms with Gasteiger partial charge in [0.15, 0.2) is 5.78 Å². The monoisotopic (exact) mass is 210 g/mol. The molecule has 1 nitrogen and oxygen atoms in total. The van der Waals surface area contributed by atoms with Gasteiger partial charge in [-0.25, -0.2) is 0 Å². The SMILES string of the molecule is Cc1ccccc1C(=O)CCCCCl. The topological polar surface area (TPSA) is 17.1 Å². The van der Waals surface area contributed by atoms with Crippen molar-refractivity contribution in [3.63, 3.8) is 0 Å². The Morgan fingerprint density at radius 3 is 2.64 bits per heavy atom. The highest BCUT2D eigenvalue weighted by molar-refractivity contribution is 6.17. The number of unbranched alkanes of at least 4 members (excludes halogenated alkanes) is 1. The highest BCUT2D eigenvalue weighted by Crippen LogP contribution is 2.11. The summed E-state index contributed by atoms with van der Waals surface area (Å²) in [6.07, 6.45) is 2.41. The molecule has 2 heteroatoms. The number of aryl methyl sites for hydroxylation is 1. The van der Waals surface area contributed by atoms with Crippen molar-refractivity contribution in [1.29, 1.82) is 0 Å². The van der Waals surface area contributed by atoms with E-state index in [0.29, 0.717) is 12.3 Å². The fourth-order valence-corrected chi connectivity index (χ4v) is 1.59. The number of halogens is 1. The largest absolute Gasteiger partial charge is 0.294 e. The van der Waals surface area contributed by atoms with Gasteiger partial charge in [-0.05, 0) is 25.3 Å². The van der Waals surface area contributed by atoms with Gasteiger partial charge in [-0.2, -0.15) is 0 Å². The van der Waals surface area contributed by atoms with E-state index in [4.69, 9.17) is 11.6 Å². The van der Waals surface area contributed by atoms with Gasteiger partial charge in [0.05, 0.1) is 0 Å². The first-order valence-electron chi connectivity index (χ1n) is 4.90. The number of carbonyl (C=O) groups is 1. The van der Waals surface area contributed by atoms with Crippen LogP contribution in [0.4, 0.5) is 0 Å². The Labute approximate surface area is 90.1 Å². The van der Waals surface area contributed by atoms with E-state index in [1.807, 2.05) is 31.2 Å². The second-order valence-corrected chi connectivity index (χ2v) is 3.76. The predicted molar refractivity (Wildman–Crippen MR) is 60.1 cm³/mol. The lowest BCUT2D eigenvalue weighted by molar-refractivity contribution is 0.0979. The van der Waals surface area contributed by atoms with Crippen LogP contribution in [0.25, 0.3) is 0 Å². The van der Waals surface area contributed by atoms with E-state index in [9.17, 15) is 4.79 Å². The number of hydrogen-bond donors (Lipinski definition) is 0. The van der Waals surface area contributed by atoms with Gasteiger partial charge in [0, 0.05) is 17.9 Å². The van der Waals surface area contributed by atoms with Crippen molar-refractivity contribution in [2.24, 2.45) is 0 Å². The molecular formula is C12H15ClO. The van der Waals surface area contributed by atoms with E-state index in [0.717, 1.165) is 24.0 Å². The third-order valence-corrected chi connectivity index (χ3v) is 2.50. The van der Waals surface area contributed by atoms with Crippen molar-refractivity contribution in [3.05, 3.63) is 35.4 Å². The molecule has 0 atom stereocenters. The van der Waals surface area contributed by atoms with Gasteiger partial charge in [-0.3, -0.25) is 4.79 Å². The number of Topliss-reactive ketones (excluding diaryl/α,β-unsaturated/α-hetero) is 1. The molecule has 0 N–H and O–H groups in total. The van der Waals surface area contributed by atoms with Crippen LogP contribution >= 0.6 is 11.6 Å². The first kappa shape index (κ1) is 11.3. The van der Waals surface area contributed by atoms with Crippen LogP contribution in [0.3, 0.4) is 0 Å². The third kappa shape index (κ3) is 3.15. The lowest BCUT2D eigenvalue weighted by Gasteiger charge is -2.03. The van der Waals surface area contributed by atoms with Gasteiger partial charge in [-0.1, -0.05) is 24.3 Å². The number of hydrogen-bond acceptors (Lipinski definition) is 1. The van der Waals surface area contributed by atoms with Crippen LogP contribution in [0.5, 0.6) is 0 Å². The molecule has 0 aromatic heterocycles. The van der Waals surface area contributed by atoms with Crippen LogP contribution in [-0.2, 0) is 0 Å². The molecule has 0 saturated heterocycles. The molecule has 0 bridgehead atoms. The highest BCUT2D eigenvalue weighted by Gasteiger charge is 2.06. The van der Waals surface area contributed by atoms with Crippen molar-refractivity contribution < 1.29 is 4.79 Å². The van der Waals surface area contributed by atoms with Crippen LogP contribution in [0.1, 0.15) is 35.2 Å². The Morgan fingerprint density at radius 1 is 1.29 bits per heavy atom. The fraction of sp³-hybridized carbons (Fsp3) is 0.417. The summed E-state index contributed by atoms with van der Waals surface area (Å²) in [7, 11) is 0. The molecule has 0 heterocycles. The summed E-state index contributed by atoms with van der Waals surface area (Å²) in [5.41, 5.74) is 1.91. The van der Waals surface area contributed by atoms with E-state index in [2.05, 4.69) is 0 Å². The molecule has 0 aliphatic carbocycles. The molecule has 0 amide bonds. The highest BCUT2D eigenvalue weighted by atomic mass is 35.5. The van der Waals surface area contributed by atoms with E-state index >= 15 is 0 Å². The van der Waals surface area contributed by atoms with Crippen LogP contribution in [0.15, 0.2) is 24.3 Å². The summed E-state index contributed by atoms with van der Waals surface area (Å²) in [4.78, 5) is 11.7. The van der Waals surface area contributed by atoms with Gasteiger partial charge in [0.1, 0.15) is 0 Å². The van der Waals surface area contributed by atoms with E-state index in [1.54, 1.807) is 0 Å². The minimum absolute atomic E-state index is 0.230. The Hall–Kier alpha value is -0.820. The second kappa shape index (κ2) is 5.82. The van der Waals surface area contributed by atoms with Crippen LogP contribution in [0.2, 0.25) is 0 Å². The zero-order valence-corrected chi connectivity index (χ0v) is 9.18. The number of rotatable bonds is 5. The minimum Gasteiger partial charge on any atom is -0.294 e. The lowest BCUT2D eigenvalue weighted by Crippen LogP contribution is -2.01. The smallest absolute Gasteiger partial charge is 0.163 e. The van der Waals surface area contributed by atoms with E-state index < -0.39 is 0 Å². The first-order chi connectivity index (χ1) is 6.75. The van der Waals surface area contributed by atoms with Crippen molar-refractivity contribution >= 4 is 17.4 Å². The molecule has 0 aliphatic heterocycles. The van der Waals surface area contributed by atoms with Gasteiger partial charge < -0.3 is 0 Å². The summed E-state index contributed by atoms with van der Waals surface area (Å²) in [5, 5.41) is 0. The van der Waals surface area contributed by atoms with Gasteiger partial charge >= 0.3 is 0 Å². The molecule has 0 radical (unpaired) electrons. The van der Waals surface area contributed by atoms with Crippen molar-refractivity contribution in [2.45, 2.75) is 26.2 Å². The molecule has 0 unspecified atom stereocenters. The molecule has 14 heavy (non-hydrogen) atoms. The maximum Gasteiger partial charge on any atom is 0.163 e. The summed E-state index contributed by atoms with van der Waals surface area (Å²) in [6, 6.07) is 7.71. The average Bonchev–Trinajstić information content (AvgIpc) is 2.18. The second-order valence-electron chi connectivity index (χ2n) is 3.38. The molecule has 0 aliphatic rings. The van der Waals surface area contributed by atoms with E-state index in [-0.39, 0.29) is 5.78 Å². The minimum atomic E-state index is 0.230. The van der Waals surface area contributed by atoms with Crippen LogP contribution in [-0.4, -0.2) is 11.7 Å². The summed E-state index contributed by atoms with van der Waals surface area (Å²) >= 11 is 5.55. The van der Waals surface area contributed by atoms with Gasteiger partial charge in [0.2, 0.25) is 0 Å². The number of carbonyl (C=O) groups excluding carboxylic acids is 1. The lowest BCUT2D eigenvalue weighted by atomic mass is 10.0. The predicted octanol–water partition coefficient (Wildman–Crippen LogP) is 3.59. The molecule has 0 fully saturated rings. The normalized spacial score (nSPS) is 10.1. The van der Waals surface area contributed by atoms with Crippen molar-refractivity contribution in [2.75, 3.05) is 5.88 Å².